The number of β-amino-alcohol motifs (C(OH)–C–C–N with tert-alkyl or cyclic N) is 1. The van der Waals surface area contributed by atoms with Gasteiger partial charge in [-0.1, -0.05) is 20.8 Å². The summed E-state index contributed by atoms with van der Waals surface area (Å²) in [5, 5.41) is 10.2. The zero-order valence-corrected chi connectivity index (χ0v) is 13.7. The molecule has 0 unspecified atom stereocenters. The van der Waals surface area contributed by atoms with Crippen molar-refractivity contribution in [2.45, 2.75) is 39.7 Å². The third kappa shape index (κ3) is 4.66. The normalized spacial score (nSPS) is 24.1. The average molecular weight is 298 g/mol. The lowest BCUT2D eigenvalue weighted by Crippen LogP contribution is -2.53. The van der Waals surface area contributed by atoms with Gasteiger partial charge in [0, 0.05) is 51.9 Å². The molecule has 0 saturated carbocycles. The molecule has 2 saturated heterocycles. The number of hydrogen-bond acceptors (Lipinski definition) is 4. The van der Waals surface area contributed by atoms with Gasteiger partial charge in [0.05, 0.1) is 6.10 Å². The van der Waals surface area contributed by atoms with E-state index in [1.165, 1.54) is 0 Å². The Labute approximate surface area is 128 Å². The van der Waals surface area contributed by atoms with Crippen LogP contribution in [0.25, 0.3) is 0 Å². The number of hydrogen-bond donors (Lipinski definition) is 1. The summed E-state index contributed by atoms with van der Waals surface area (Å²) in [5.74, 6) is 0.458. The fourth-order valence-electron chi connectivity index (χ4n) is 2.87. The topological polar surface area (TPSA) is 53.0 Å². The van der Waals surface area contributed by atoms with Crippen LogP contribution >= 0.6 is 0 Å². The molecule has 0 aromatic heterocycles. The Kier molecular flexibility index (Phi) is 5.63. The van der Waals surface area contributed by atoms with Crippen LogP contribution in [-0.4, -0.2) is 72.9 Å². The summed E-state index contributed by atoms with van der Waals surface area (Å²) in [5.41, 5.74) is -0.0882. The lowest BCUT2D eigenvalue weighted by atomic mass is 9.89. The van der Waals surface area contributed by atoms with Crippen LogP contribution in [0.2, 0.25) is 0 Å². The Balaban J connectivity index is 1.76. The number of aliphatic hydroxyl groups excluding tert-OH is 1. The fraction of sp³-hybridized carbons (Fsp3) is 0.938. The fourth-order valence-corrected chi connectivity index (χ4v) is 2.87. The van der Waals surface area contributed by atoms with Crippen LogP contribution in [-0.2, 0) is 9.53 Å². The molecule has 122 valence electrons. The van der Waals surface area contributed by atoms with E-state index in [0.29, 0.717) is 25.7 Å². The van der Waals surface area contributed by atoms with Crippen LogP contribution in [0.1, 0.15) is 33.6 Å². The van der Waals surface area contributed by atoms with Gasteiger partial charge in [-0.15, -0.1) is 0 Å². The number of ether oxygens (including phenoxy) is 1. The Hall–Kier alpha value is -0.650. The van der Waals surface area contributed by atoms with E-state index in [2.05, 4.69) is 25.7 Å². The van der Waals surface area contributed by atoms with Crippen LogP contribution in [0.15, 0.2) is 0 Å². The van der Waals surface area contributed by atoms with Crippen molar-refractivity contribution in [1.82, 2.24) is 9.80 Å². The highest BCUT2D eigenvalue weighted by molar-refractivity contribution is 5.79. The second kappa shape index (κ2) is 7.07. The number of carbonyl (C=O) groups is 1. The zero-order chi connectivity index (χ0) is 15.5. The number of amides is 1. The molecule has 2 aliphatic rings. The lowest BCUT2D eigenvalue weighted by Gasteiger charge is -2.39. The Morgan fingerprint density at radius 1 is 1.19 bits per heavy atom. The van der Waals surface area contributed by atoms with Crippen molar-refractivity contribution in [3.63, 3.8) is 0 Å². The summed E-state index contributed by atoms with van der Waals surface area (Å²) in [6, 6.07) is 0. The summed E-state index contributed by atoms with van der Waals surface area (Å²) in [6.45, 7) is 11.6. The standard InChI is InChI=1S/C16H30N2O3/c1-16(2,3)14(19)12-17-6-8-18(9-7-17)15(20)13-4-10-21-11-5-13/h13-14,19H,4-12H2,1-3H3/t14-/m1/s1. The number of piperazine rings is 1. The first-order valence-corrected chi connectivity index (χ1v) is 8.15. The average Bonchev–Trinajstić information content (AvgIpc) is 2.47. The maximum absolute atomic E-state index is 12.4. The van der Waals surface area contributed by atoms with Gasteiger partial charge in [0.1, 0.15) is 0 Å². The number of rotatable bonds is 3. The lowest BCUT2D eigenvalue weighted by molar-refractivity contribution is -0.140. The molecule has 1 amide bonds. The molecule has 1 atom stereocenters. The van der Waals surface area contributed by atoms with Gasteiger partial charge in [0.15, 0.2) is 0 Å². The van der Waals surface area contributed by atoms with Gasteiger partial charge in [0.2, 0.25) is 5.91 Å². The van der Waals surface area contributed by atoms with E-state index in [-0.39, 0.29) is 17.4 Å². The maximum atomic E-state index is 12.4. The molecule has 2 aliphatic heterocycles. The van der Waals surface area contributed by atoms with E-state index in [1.807, 2.05) is 4.90 Å². The van der Waals surface area contributed by atoms with Crippen molar-refractivity contribution in [3.05, 3.63) is 0 Å². The first-order valence-electron chi connectivity index (χ1n) is 8.15. The van der Waals surface area contributed by atoms with Crippen LogP contribution < -0.4 is 0 Å². The highest BCUT2D eigenvalue weighted by Gasteiger charge is 2.30. The SMILES string of the molecule is CC(C)(C)[C@H](O)CN1CCN(C(=O)C2CCOCC2)CC1. The van der Waals surface area contributed by atoms with Crippen molar-refractivity contribution >= 4 is 5.91 Å². The van der Waals surface area contributed by atoms with E-state index in [9.17, 15) is 9.90 Å². The van der Waals surface area contributed by atoms with Crippen molar-refractivity contribution in [2.24, 2.45) is 11.3 Å². The summed E-state index contributed by atoms with van der Waals surface area (Å²) < 4.78 is 5.32. The quantitative estimate of drug-likeness (QED) is 0.843. The second-order valence-corrected chi connectivity index (χ2v) is 7.39. The van der Waals surface area contributed by atoms with Crippen molar-refractivity contribution in [1.29, 1.82) is 0 Å². The minimum atomic E-state index is -0.324. The van der Waals surface area contributed by atoms with Crippen molar-refractivity contribution in [2.75, 3.05) is 45.9 Å². The smallest absolute Gasteiger partial charge is 0.225 e. The molecule has 0 bridgehead atoms. The predicted octanol–water partition coefficient (Wildman–Crippen LogP) is 0.964. The minimum Gasteiger partial charge on any atom is -0.391 e. The number of carbonyl (C=O) groups excluding carboxylic acids is 1. The number of nitrogens with zero attached hydrogens (tertiary/aromatic N) is 2. The summed E-state index contributed by atoms with van der Waals surface area (Å²) >= 11 is 0. The molecule has 0 aromatic carbocycles. The van der Waals surface area contributed by atoms with E-state index < -0.39 is 0 Å². The first kappa shape index (κ1) is 16.7. The van der Waals surface area contributed by atoms with Crippen LogP contribution in [0.5, 0.6) is 0 Å². The van der Waals surface area contributed by atoms with Crippen LogP contribution in [0.4, 0.5) is 0 Å². The molecule has 0 radical (unpaired) electrons. The minimum absolute atomic E-state index is 0.0882. The van der Waals surface area contributed by atoms with Gasteiger partial charge < -0.3 is 14.7 Å². The van der Waals surface area contributed by atoms with Crippen LogP contribution in [0, 0.1) is 11.3 Å². The van der Waals surface area contributed by atoms with E-state index in [4.69, 9.17) is 4.74 Å². The summed E-state index contributed by atoms with van der Waals surface area (Å²) in [7, 11) is 0. The summed E-state index contributed by atoms with van der Waals surface area (Å²) in [6.07, 6.45) is 1.40. The summed E-state index contributed by atoms with van der Waals surface area (Å²) in [4.78, 5) is 16.7. The first-order chi connectivity index (χ1) is 9.88. The van der Waals surface area contributed by atoms with Gasteiger partial charge in [0.25, 0.3) is 0 Å². The molecule has 2 heterocycles. The third-order valence-corrected chi connectivity index (χ3v) is 4.69. The Bertz CT molecular complexity index is 340. The largest absolute Gasteiger partial charge is 0.391 e. The molecule has 1 N–H and O–H groups in total. The zero-order valence-electron chi connectivity index (χ0n) is 13.7. The van der Waals surface area contributed by atoms with E-state index in [0.717, 1.165) is 39.0 Å². The predicted molar refractivity (Wildman–Crippen MR) is 82.0 cm³/mol. The molecule has 0 spiro atoms. The van der Waals surface area contributed by atoms with Gasteiger partial charge in [-0.2, -0.15) is 0 Å². The molecule has 0 aliphatic carbocycles. The van der Waals surface area contributed by atoms with Crippen molar-refractivity contribution < 1.29 is 14.6 Å². The highest BCUT2D eigenvalue weighted by atomic mass is 16.5. The molecule has 5 heteroatoms. The van der Waals surface area contributed by atoms with Gasteiger partial charge >= 0.3 is 0 Å². The van der Waals surface area contributed by atoms with E-state index >= 15 is 0 Å². The van der Waals surface area contributed by atoms with Crippen LogP contribution in [0.3, 0.4) is 0 Å². The Morgan fingerprint density at radius 3 is 2.29 bits per heavy atom. The Morgan fingerprint density at radius 2 is 1.76 bits per heavy atom. The van der Waals surface area contributed by atoms with E-state index in [1.54, 1.807) is 0 Å². The molecule has 2 rings (SSSR count). The molecule has 0 aromatic rings. The molecule has 2 fully saturated rings. The highest BCUT2D eigenvalue weighted by Crippen LogP contribution is 2.21. The molecular weight excluding hydrogens is 268 g/mol. The molecule has 5 nitrogen and oxygen atoms in total. The third-order valence-electron chi connectivity index (χ3n) is 4.69. The second-order valence-electron chi connectivity index (χ2n) is 7.39. The molecular formula is C16H30N2O3. The molecule has 21 heavy (non-hydrogen) atoms. The van der Waals surface area contributed by atoms with Gasteiger partial charge in [-0.3, -0.25) is 9.69 Å². The maximum Gasteiger partial charge on any atom is 0.225 e. The van der Waals surface area contributed by atoms with Crippen molar-refractivity contribution in [3.8, 4) is 0 Å². The number of aliphatic hydroxyl groups is 1. The van der Waals surface area contributed by atoms with Gasteiger partial charge in [-0.25, -0.2) is 0 Å². The monoisotopic (exact) mass is 298 g/mol. The van der Waals surface area contributed by atoms with Gasteiger partial charge in [-0.05, 0) is 18.3 Å².